The van der Waals surface area contributed by atoms with Crippen LogP contribution in [-0.2, 0) is 17.6 Å². The lowest BCUT2D eigenvalue weighted by Crippen LogP contribution is -2.66. The molecule has 0 aliphatic carbocycles. The topological polar surface area (TPSA) is 29.5 Å². The first-order valence-electron chi connectivity index (χ1n) is 10.8. The van der Waals surface area contributed by atoms with Gasteiger partial charge in [0.2, 0.25) is 0 Å². The molecule has 0 aliphatic rings. The van der Waals surface area contributed by atoms with Crippen molar-refractivity contribution in [2.24, 2.45) is 0 Å². The summed E-state index contributed by atoms with van der Waals surface area (Å²) in [5, 5.41) is 14.3. The van der Waals surface area contributed by atoms with Crippen LogP contribution in [0.25, 0.3) is 10.8 Å². The molecule has 1 N–H and O–H groups in total. The van der Waals surface area contributed by atoms with Crippen LogP contribution in [0, 0.1) is 0 Å². The van der Waals surface area contributed by atoms with Crippen molar-refractivity contribution in [3.8, 4) is 0 Å². The van der Waals surface area contributed by atoms with E-state index in [-0.39, 0.29) is 11.6 Å². The summed E-state index contributed by atoms with van der Waals surface area (Å²) in [5.41, 5.74) is 2.10. The van der Waals surface area contributed by atoms with Crippen molar-refractivity contribution in [3.63, 3.8) is 0 Å². The molecule has 0 atom stereocenters. The van der Waals surface area contributed by atoms with Gasteiger partial charge in [0.15, 0.2) is 0 Å². The van der Waals surface area contributed by atoms with Gasteiger partial charge in [0.05, 0.1) is 13.2 Å². The van der Waals surface area contributed by atoms with Gasteiger partial charge in [-0.3, -0.25) is 0 Å². The largest absolute Gasteiger partial charge is 0.403 e. The van der Waals surface area contributed by atoms with Gasteiger partial charge in [-0.05, 0) is 49.4 Å². The monoisotopic (exact) mass is 426 g/mol. The summed E-state index contributed by atoms with van der Waals surface area (Å²) in [6, 6.07) is 34.1. The fraction of sp³-hybridized carbons (Fsp3) is 0.214. The van der Waals surface area contributed by atoms with E-state index in [1.54, 1.807) is 0 Å². The maximum Gasteiger partial charge on any atom is 0.261 e. The first-order chi connectivity index (χ1) is 14.9. The SMILES string of the molecule is CC(C)(C)[Si](OCc1ccc2cc(CO)ccc2c1)(c1ccccc1)c1ccccc1. The quantitative estimate of drug-likeness (QED) is 0.418. The van der Waals surface area contributed by atoms with E-state index in [0.717, 1.165) is 16.5 Å². The Labute approximate surface area is 186 Å². The Kier molecular flexibility index (Phi) is 6.10. The zero-order valence-electron chi connectivity index (χ0n) is 18.5. The van der Waals surface area contributed by atoms with E-state index < -0.39 is 8.32 Å². The van der Waals surface area contributed by atoms with Gasteiger partial charge < -0.3 is 9.53 Å². The molecular weight excluding hydrogens is 396 g/mol. The lowest BCUT2D eigenvalue weighted by molar-refractivity contribution is 0.282. The summed E-state index contributed by atoms with van der Waals surface area (Å²) in [6.45, 7) is 7.53. The first kappa shape index (κ1) is 21.5. The van der Waals surface area contributed by atoms with Crippen molar-refractivity contribution >= 4 is 29.5 Å². The van der Waals surface area contributed by atoms with Gasteiger partial charge in [-0.1, -0.05) is 106 Å². The Morgan fingerprint density at radius 2 is 1.16 bits per heavy atom. The van der Waals surface area contributed by atoms with E-state index in [1.165, 1.54) is 15.8 Å². The number of hydrogen-bond acceptors (Lipinski definition) is 2. The van der Waals surface area contributed by atoms with E-state index >= 15 is 0 Å². The second-order valence-electron chi connectivity index (χ2n) is 9.13. The van der Waals surface area contributed by atoms with Crippen molar-refractivity contribution in [1.82, 2.24) is 0 Å². The number of aliphatic hydroxyl groups excluding tert-OH is 1. The van der Waals surface area contributed by atoms with Crippen LogP contribution in [0.1, 0.15) is 31.9 Å². The summed E-state index contributed by atoms with van der Waals surface area (Å²) >= 11 is 0. The van der Waals surface area contributed by atoms with Gasteiger partial charge >= 0.3 is 0 Å². The lowest BCUT2D eigenvalue weighted by atomic mass is 10.0. The molecule has 0 aromatic heterocycles. The predicted octanol–water partition coefficient (Wildman–Crippen LogP) is 5.41. The van der Waals surface area contributed by atoms with Gasteiger partial charge in [-0.2, -0.15) is 0 Å². The van der Waals surface area contributed by atoms with E-state index in [4.69, 9.17) is 4.43 Å². The number of aliphatic hydroxyl groups is 1. The van der Waals surface area contributed by atoms with Crippen LogP contribution in [0.5, 0.6) is 0 Å². The van der Waals surface area contributed by atoms with Gasteiger partial charge in [0.25, 0.3) is 8.32 Å². The normalized spacial score (nSPS) is 12.3. The Morgan fingerprint density at radius 1 is 0.677 bits per heavy atom. The second kappa shape index (κ2) is 8.79. The first-order valence-corrected chi connectivity index (χ1v) is 12.7. The highest BCUT2D eigenvalue weighted by atomic mass is 28.4. The minimum atomic E-state index is -2.55. The highest BCUT2D eigenvalue weighted by Gasteiger charge is 2.50. The van der Waals surface area contributed by atoms with Gasteiger partial charge in [0.1, 0.15) is 0 Å². The van der Waals surface area contributed by atoms with Crippen molar-refractivity contribution < 1.29 is 9.53 Å². The van der Waals surface area contributed by atoms with Crippen LogP contribution in [-0.4, -0.2) is 13.4 Å². The third kappa shape index (κ3) is 4.22. The maximum absolute atomic E-state index is 9.40. The molecule has 0 fully saturated rings. The molecule has 31 heavy (non-hydrogen) atoms. The third-order valence-electron chi connectivity index (χ3n) is 6.02. The number of fused-ring (bicyclic) bond motifs is 1. The molecule has 0 aliphatic heterocycles. The molecular formula is C28H30O2Si. The molecule has 4 aromatic rings. The van der Waals surface area contributed by atoms with Crippen LogP contribution in [0.4, 0.5) is 0 Å². The van der Waals surface area contributed by atoms with Crippen LogP contribution in [0.15, 0.2) is 97.1 Å². The standard InChI is InChI=1S/C28H30O2Si/c1-28(2,3)31(26-10-6-4-7-11-26,27-12-8-5-9-13-27)30-21-23-15-17-24-18-22(20-29)14-16-25(24)19-23/h4-19,29H,20-21H2,1-3H3. The Morgan fingerprint density at radius 3 is 1.65 bits per heavy atom. The second-order valence-corrected chi connectivity index (χ2v) is 13.4. The molecule has 0 amide bonds. The van der Waals surface area contributed by atoms with E-state index in [1.807, 2.05) is 12.1 Å². The summed E-state index contributed by atoms with van der Waals surface area (Å²) < 4.78 is 7.05. The smallest absolute Gasteiger partial charge is 0.261 e. The van der Waals surface area contributed by atoms with Gasteiger partial charge in [-0.25, -0.2) is 0 Å². The van der Waals surface area contributed by atoms with Crippen molar-refractivity contribution in [1.29, 1.82) is 0 Å². The van der Waals surface area contributed by atoms with Crippen molar-refractivity contribution in [2.75, 3.05) is 0 Å². The van der Waals surface area contributed by atoms with Gasteiger partial charge in [0, 0.05) is 0 Å². The zero-order chi connectivity index (χ0) is 21.9. The average molecular weight is 427 g/mol. The molecule has 0 radical (unpaired) electrons. The molecule has 0 unspecified atom stereocenters. The van der Waals surface area contributed by atoms with Crippen LogP contribution in [0.2, 0.25) is 5.04 Å². The summed E-state index contributed by atoms with van der Waals surface area (Å²) in [7, 11) is -2.55. The summed E-state index contributed by atoms with van der Waals surface area (Å²) in [4.78, 5) is 0. The highest BCUT2D eigenvalue weighted by molar-refractivity contribution is 6.99. The molecule has 2 nitrogen and oxygen atoms in total. The summed E-state index contributed by atoms with van der Waals surface area (Å²) in [6.07, 6.45) is 0. The van der Waals surface area contributed by atoms with Crippen LogP contribution >= 0.6 is 0 Å². The average Bonchev–Trinajstić information content (AvgIpc) is 2.79. The predicted molar refractivity (Wildman–Crippen MR) is 132 cm³/mol. The molecule has 158 valence electrons. The van der Waals surface area contributed by atoms with E-state index in [0.29, 0.717) is 6.61 Å². The number of hydrogen-bond donors (Lipinski definition) is 1. The molecule has 4 rings (SSSR count). The molecule has 0 heterocycles. The minimum Gasteiger partial charge on any atom is -0.403 e. The van der Waals surface area contributed by atoms with E-state index in [9.17, 15) is 5.11 Å². The highest BCUT2D eigenvalue weighted by Crippen LogP contribution is 2.37. The molecule has 3 heteroatoms. The number of rotatable bonds is 6. The molecule has 4 aromatic carbocycles. The fourth-order valence-corrected chi connectivity index (χ4v) is 9.02. The van der Waals surface area contributed by atoms with E-state index in [2.05, 4.69) is 106 Å². The minimum absolute atomic E-state index is 0.0391. The fourth-order valence-electron chi connectivity index (χ4n) is 4.49. The Balaban J connectivity index is 1.76. The van der Waals surface area contributed by atoms with Crippen molar-refractivity contribution in [3.05, 3.63) is 108 Å². The third-order valence-corrected chi connectivity index (χ3v) is 11.0. The Hall–Kier alpha value is -2.72. The molecule has 0 saturated carbocycles. The van der Waals surface area contributed by atoms with Crippen LogP contribution < -0.4 is 10.4 Å². The molecule has 0 saturated heterocycles. The zero-order valence-corrected chi connectivity index (χ0v) is 19.5. The Bertz CT molecular complexity index is 1110. The van der Waals surface area contributed by atoms with Crippen molar-refractivity contribution in [2.45, 2.75) is 39.0 Å². The number of benzene rings is 4. The lowest BCUT2D eigenvalue weighted by Gasteiger charge is -2.43. The molecule has 0 bridgehead atoms. The van der Waals surface area contributed by atoms with Gasteiger partial charge in [-0.15, -0.1) is 0 Å². The maximum atomic E-state index is 9.40. The molecule has 0 spiro atoms. The summed E-state index contributed by atoms with van der Waals surface area (Å²) in [5.74, 6) is 0. The van der Waals surface area contributed by atoms with Crippen LogP contribution in [0.3, 0.4) is 0 Å².